The lowest BCUT2D eigenvalue weighted by molar-refractivity contribution is 0.0747. The van der Waals surface area contributed by atoms with Crippen LogP contribution in [-0.2, 0) is 5.41 Å². The lowest BCUT2D eigenvalue weighted by Crippen LogP contribution is -2.48. The lowest BCUT2D eigenvalue weighted by atomic mass is 9.93. The van der Waals surface area contributed by atoms with Crippen molar-refractivity contribution in [2.24, 2.45) is 0 Å². The summed E-state index contributed by atoms with van der Waals surface area (Å²) in [5, 5.41) is 5.69. The molecule has 1 aliphatic heterocycles. The Bertz CT molecular complexity index is 1000. The summed E-state index contributed by atoms with van der Waals surface area (Å²) in [4.78, 5) is 22.1. The summed E-state index contributed by atoms with van der Waals surface area (Å²) in [6.45, 7) is 8.85. The number of aromatic nitrogens is 3. The highest BCUT2D eigenvalue weighted by atomic mass is 35.5. The van der Waals surface area contributed by atoms with Crippen LogP contribution in [0.4, 0.5) is 9.52 Å². The minimum absolute atomic E-state index is 0.0127. The molecule has 0 unspecified atom stereocenters. The van der Waals surface area contributed by atoms with Crippen molar-refractivity contribution >= 4 is 38.9 Å². The van der Waals surface area contributed by atoms with Gasteiger partial charge in [0.05, 0.1) is 22.5 Å². The Kier molecular flexibility index (Phi) is 4.79. The van der Waals surface area contributed by atoms with Crippen LogP contribution in [0.5, 0.6) is 0 Å². The lowest BCUT2D eigenvalue weighted by Gasteiger charge is -2.34. The van der Waals surface area contributed by atoms with Crippen LogP contribution >= 0.6 is 22.9 Å². The molecule has 3 aromatic rings. The van der Waals surface area contributed by atoms with E-state index in [1.54, 1.807) is 16.2 Å². The largest absolute Gasteiger partial charge is 0.343 e. The third kappa shape index (κ3) is 3.58. The van der Waals surface area contributed by atoms with Crippen LogP contribution in [0.1, 0.15) is 36.8 Å². The van der Waals surface area contributed by atoms with E-state index in [4.69, 9.17) is 11.6 Å². The molecular formula is C19H21ClFN5OS. The number of carbonyl (C=O) groups excluding carboxylic acids is 1. The smallest absolute Gasteiger partial charge is 0.255 e. The Balaban J connectivity index is 1.44. The number of halogens is 2. The minimum atomic E-state index is -0.449. The standard InChI is InChI=1S/C19H21ClFN5OS/c1-19(2,3)15-11-26-17(22-15)28-18(23-26)25-8-6-24(7-9-25)16(27)13-5-4-12(21)10-14(13)20/h4-5,10-11H,6-9H2,1-3H3. The molecule has 4 rings (SSSR count). The highest BCUT2D eigenvalue weighted by Crippen LogP contribution is 2.28. The number of fused-ring (bicyclic) bond motifs is 1. The maximum absolute atomic E-state index is 13.2. The Hall–Kier alpha value is -2.19. The summed E-state index contributed by atoms with van der Waals surface area (Å²) < 4.78 is 15.0. The molecule has 148 valence electrons. The molecule has 28 heavy (non-hydrogen) atoms. The van der Waals surface area contributed by atoms with Crippen molar-refractivity contribution in [2.75, 3.05) is 31.1 Å². The highest BCUT2D eigenvalue weighted by Gasteiger charge is 2.26. The van der Waals surface area contributed by atoms with Gasteiger partial charge in [0.25, 0.3) is 5.91 Å². The Labute approximate surface area is 171 Å². The molecule has 0 N–H and O–H groups in total. The van der Waals surface area contributed by atoms with E-state index in [1.807, 2.05) is 10.7 Å². The second-order valence-corrected chi connectivity index (χ2v) is 9.23. The highest BCUT2D eigenvalue weighted by molar-refractivity contribution is 7.20. The molecule has 0 aliphatic carbocycles. The molecule has 9 heteroatoms. The molecule has 6 nitrogen and oxygen atoms in total. The van der Waals surface area contributed by atoms with Gasteiger partial charge in [-0.1, -0.05) is 43.7 Å². The van der Waals surface area contributed by atoms with Crippen LogP contribution in [0.2, 0.25) is 5.02 Å². The van der Waals surface area contributed by atoms with Crippen LogP contribution in [0.25, 0.3) is 4.96 Å². The van der Waals surface area contributed by atoms with Gasteiger partial charge in [0.2, 0.25) is 10.1 Å². The van der Waals surface area contributed by atoms with Gasteiger partial charge in [-0.3, -0.25) is 4.79 Å². The minimum Gasteiger partial charge on any atom is -0.343 e. The summed E-state index contributed by atoms with van der Waals surface area (Å²) in [6, 6.07) is 3.86. The zero-order valence-corrected chi connectivity index (χ0v) is 17.5. The Morgan fingerprint density at radius 3 is 2.54 bits per heavy atom. The molecule has 1 saturated heterocycles. The Morgan fingerprint density at radius 1 is 1.21 bits per heavy atom. The van der Waals surface area contributed by atoms with Crippen molar-refractivity contribution in [1.82, 2.24) is 19.5 Å². The number of hydrogen-bond donors (Lipinski definition) is 0. The first-order valence-corrected chi connectivity index (χ1v) is 10.3. The molecule has 1 fully saturated rings. The molecule has 0 radical (unpaired) electrons. The van der Waals surface area contributed by atoms with E-state index >= 15 is 0 Å². The molecule has 3 heterocycles. The van der Waals surface area contributed by atoms with Crippen LogP contribution in [0.15, 0.2) is 24.4 Å². The first-order chi connectivity index (χ1) is 13.2. The summed E-state index contributed by atoms with van der Waals surface area (Å²) in [6.07, 6.45) is 1.98. The third-order valence-corrected chi connectivity index (χ3v) is 6.10. The summed E-state index contributed by atoms with van der Waals surface area (Å²) >= 11 is 7.58. The average molecular weight is 422 g/mol. The van der Waals surface area contributed by atoms with Gasteiger partial charge in [0.15, 0.2) is 0 Å². The van der Waals surface area contributed by atoms with Crippen molar-refractivity contribution in [3.8, 4) is 0 Å². The fraction of sp³-hybridized carbons (Fsp3) is 0.421. The van der Waals surface area contributed by atoms with Crippen molar-refractivity contribution in [3.63, 3.8) is 0 Å². The van der Waals surface area contributed by atoms with E-state index in [1.165, 1.54) is 18.2 Å². The molecule has 1 aliphatic rings. The second-order valence-electron chi connectivity index (χ2n) is 7.89. The number of amides is 1. The summed E-state index contributed by atoms with van der Waals surface area (Å²) in [7, 11) is 0. The maximum Gasteiger partial charge on any atom is 0.255 e. The van der Waals surface area contributed by atoms with Crippen LogP contribution in [0, 0.1) is 5.82 Å². The monoisotopic (exact) mass is 421 g/mol. The van der Waals surface area contributed by atoms with E-state index in [0.29, 0.717) is 31.7 Å². The zero-order chi connectivity index (χ0) is 20.1. The van der Waals surface area contributed by atoms with Crippen LogP contribution in [-0.4, -0.2) is 51.6 Å². The van der Waals surface area contributed by atoms with Crippen molar-refractivity contribution in [2.45, 2.75) is 26.2 Å². The fourth-order valence-corrected chi connectivity index (χ4v) is 4.30. The van der Waals surface area contributed by atoms with Gasteiger partial charge in [0.1, 0.15) is 5.82 Å². The topological polar surface area (TPSA) is 53.7 Å². The first kappa shape index (κ1) is 19.1. The molecule has 1 amide bonds. The van der Waals surface area contributed by atoms with E-state index in [0.717, 1.165) is 15.8 Å². The van der Waals surface area contributed by atoms with E-state index in [-0.39, 0.29) is 16.3 Å². The van der Waals surface area contributed by atoms with Gasteiger partial charge < -0.3 is 9.80 Å². The molecule has 2 aromatic heterocycles. The molecular weight excluding hydrogens is 401 g/mol. The molecule has 0 saturated carbocycles. The van der Waals surface area contributed by atoms with Crippen molar-refractivity contribution in [1.29, 1.82) is 0 Å². The Morgan fingerprint density at radius 2 is 1.93 bits per heavy atom. The number of carbonyl (C=O) groups is 1. The number of hydrogen-bond acceptors (Lipinski definition) is 5. The molecule has 0 spiro atoms. The zero-order valence-electron chi connectivity index (χ0n) is 15.9. The second kappa shape index (κ2) is 7.00. The number of nitrogens with zero attached hydrogens (tertiary/aromatic N) is 5. The summed E-state index contributed by atoms with van der Waals surface area (Å²) in [5.74, 6) is -0.622. The number of benzene rings is 1. The molecule has 0 bridgehead atoms. The van der Waals surface area contributed by atoms with Gasteiger partial charge in [-0.15, -0.1) is 5.10 Å². The van der Waals surface area contributed by atoms with Crippen LogP contribution in [0.3, 0.4) is 0 Å². The van der Waals surface area contributed by atoms with Crippen molar-refractivity contribution < 1.29 is 9.18 Å². The summed E-state index contributed by atoms with van der Waals surface area (Å²) in [5.41, 5.74) is 1.34. The number of piperazine rings is 1. The SMILES string of the molecule is CC(C)(C)c1cn2nc(N3CCN(C(=O)c4ccc(F)cc4Cl)CC3)sc2n1. The fourth-order valence-electron chi connectivity index (χ4n) is 3.11. The van der Waals surface area contributed by atoms with Gasteiger partial charge in [0, 0.05) is 31.6 Å². The third-order valence-electron chi connectivity index (χ3n) is 4.80. The van der Waals surface area contributed by atoms with Crippen molar-refractivity contribution in [3.05, 3.63) is 46.5 Å². The van der Waals surface area contributed by atoms with Gasteiger partial charge in [-0.2, -0.15) is 0 Å². The molecule has 0 atom stereocenters. The maximum atomic E-state index is 13.2. The number of anilines is 1. The van der Waals surface area contributed by atoms with Crippen LogP contribution < -0.4 is 4.90 Å². The average Bonchev–Trinajstić information content (AvgIpc) is 3.20. The number of imidazole rings is 1. The number of rotatable bonds is 2. The van der Waals surface area contributed by atoms with E-state index in [2.05, 4.69) is 35.8 Å². The quantitative estimate of drug-likeness (QED) is 0.630. The normalized spacial score (nSPS) is 15.5. The predicted octanol–water partition coefficient (Wildman–Crippen LogP) is 3.84. The first-order valence-electron chi connectivity index (χ1n) is 9.08. The van der Waals surface area contributed by atoms with E-state index < -0.39 is 5.82 Å². The molecule has 1 aromatic carbocycles. The van der Waals surface area contributed by atoms with E-state index in [9.17, 15) is 9.18 Å². The van der Waals surface area contributed by atoms with Gasteiger partial charge in [-0.25, -0.2) is 13.9 Å². The van der Waals surface area contributed by atoms with Gasteiger partial charge in [-0.05, 0) is 18.2 Å². The predicted molar refractivity (Wildman–Crippen MR) is 109 cm³/mol. The van der Waals surface area contributed by atoms with Gasteiger partial charge >= 0.3 is 0 Å².